The van der Waals surface area contributed by atoms with Crippen molar-refractivity contribution in [3.05, 3.63) is 46.1 Å². The van der Waals surface area contributed by atoms with Crippen molar-refractivity contribution in [3.63, 3.8) is 0 Å². The molecule has 0 aliphatic heterocycles. The van der Waals surface area contributed by atoms with E-state index in [1.54, 1.807) is 19.4 Å². The van der Waals surface area contributed by atoms with Gasteiger partial charge >= 0.3 is 0 Å². The molecule has 0 saturated heterocycles. The number of rotatable bonds is 5. The predicted molar refractivity (Wildman–Crippen MR) is 84.4 cm³/mol. The number of benzene rings is 1. The second-order valence-corrected chi connectivity index (χ2v) is 4.73. The summed E-state index contributed by atoms with van der Waals surface area (Å²) in [5, 5.41) is 1.16. The Bertz CT molecular complexity index is 519. The Morgan fingerprint density at radius 1 is 1.42 bits per heavy atom. The van der Waals surface area contributed by atoms with Crippen molar-refractivity contribution in [3.8, 4) is 5.75 Å². The van der Waals surface area contributed by atoms with Crippen LogP contribution in [0.4, 0.5) is 0 Å². The first-order valence-corrected chi connectivity index (χ1v) is 6.74. The Morgan fingerprint density at radius 3 is 2.79 bits per heavy atom. The molecule has 0 aliphatic carbocycles. The van der Waals surface area contributed by atoms with Crippen LogP contribution >= 0.6 is 23.2 Å². The van der Waals surface area contributed by atoms with Gasteiger partial charge in [-0.3, -0.25) is 0 Å². The summed E-state index contributed by atoms with van der Waals surface area (Å²) < 4.78 is 5.31. The first kappa shape index (κ1) is 15.8. The Hall–Kier alpha value is -1.25. The molecule has 4 heteroatoms. The van der Waals surface area contributed by atoms with Crippen molar-refractivity contribution < 1.29 is 4.74 Å². The van der Waals surface area contributed by atoms with E-state index in [2.05, 4.69) is 4.99 Å². The molecule has 2 nitrogen and oxygen atoms in total. The van der Waals surface area contributed by atoms with Crippen LogP contribution in [0.2, 0.25) is 5.02 Å². The highest BCUT2D eigenvalue weighted by atomic mass is 35.5. The van der Waals surface area contributed by atoms with E-state index in [4.69, 9.17) is 27.9 Å². The number of hydrogen-bond acceptors (Lipinski definition) is 2. The first-order chi connectivity index (χ1) is 9.08. The minimum absolute atomic E-state index is 0.490. The molecule has 0 heterocycles. The fraction of sp³-hybridized carbons (Fsp3) is 0.267. The van der Waals surface area contributed by atoms with Crippen LogP contribution in [0.1, 0.15) is 25.8 Å². The summed E-state index contributed by atoms with van der Waals surface area (Å²) >= 11 is 11.9. The van der Waals surface area contributed by atoms with E-state index in [1.807, 2.05) is 38.1 Å². The molecule has 0 fully saturated rings. The lowest BCUT2D eigenvalue weighted by Gasteiger charge is -2.08. The molecule has 1 aromatic rings. The predicted octanol–water partition coefficient (Wildman–Crippen LogP) is 5.31. The van der Waals surface area contributed by atoms with Crippen LogP contribution in [-0.4, -0.2) is 13.3 Å². The zero-order valence-electron chi connectivity index (χ0n) is 11.3. The lowest BCUT2D eigenvalue weighted by molar-refractivity contribution is 0.413. The molecular formula is C15H17Cl2NO. The SMILES string of the molecule is CC/C=C(Cl)/N=C\C=C(/C)c1cc(Cl)ccc1OC. The fourth-order valence-corrected chi connectivity index (χ4v) is 1.90. The van der Waals surface area contributed by atoms with Gasteiger partial charge in [0.05, 0.1) is 7.11 Å². The lowest BCUT2D eigenvalue weighted by Crippen LogP contribution is -1.90. The first-order valence-electron chi connectivity index (χ1n) is 5.99. The number of halogens is 2. The molecule has 0 saturated carbocycles. The maximum absolute atomic E-state index is 6.00. The van der Waals surface area contributed by atoms with Crippen LogP contribution in [0.25, 0.3) is 5.57 Å². The van der Waals surface area contributed by atoms with Gasteiger partial charge in [0.25, 0.3) is 0 Å². The molecule has 1 aromatic carbocycles. The third kappa shape index (κ3) is 5.09. The van der Waals surface area contributed by atoms with Crippen molar-refractivity contribution in [1.82, 2.24) is 0 Å². The molecule has 0 radical (unpaired) electrons. The van der Waals surface area contributed by atoms with Crippen molar-refractivity contribution in [2.45, 2.75) is 20.3 Å². The summed E-state index contributed by atoms with van der Waals surface area (Å²) in [6, 6.07) is 5.51. The van der Waals surface area contributed by atoms with Gasteiger partial charge in [0, 0.05) is 16.8 Å². The topological polar surface area (TPSA) is 21.6 Å². The largest absolute Gasteiger partial charge is 0.496 e. The summed E-state index contributed by atoms with van der Waals surface area (Å²) in [6.45, 7) is 3.98. The minimum Gasteiger partial charge on any atom is -0.496 e. The third-order valence-corrected chi connectivity index (χ3v) is 2.97. The molecule has 0 amide bonds. The molecule has 102 valence electrons. The van der Waals surface area contributed by atoms with Crippen LogP contribution in [0.3, 0.4) is 0 Å². The number of methoxy groups -OCH3 is 1. The van der Waals surface area contributed by atoms with Crippen LogP contribution < -0.4 is 4.74 Å². The molecule has 0 aliphatic rings. The van der Waals surface area contributed by atoms with Gasteiger partial charge in [-0.2, -0.15) is 0 Å². The Balaban J connectivity index is 2.96. The number of hydrogen-bond donors (Lipinski definition) is 0. The van der Waals surface area contributed by atoms with Crippen molar-refractivity contribution in [2.75, 3.05) is 7.11 Å². The second kappa shape index (κ2) is 8.03. The van der Waals surface area contributed by atoms with E-state index in [1.165, 1.54) is 0 Å². The summed E-state index contributed by atoms with van der Waals surface area (Å²) in [7, 11) is 1.63. The van der Waals surface area contributed by atoms with Gasteiger partial charge in [0.1, 0.15) is 10.9 Å². The molecule has 0 atom stereocenters. The van der Waals surface area contributed by atoms with Crippen molar-refractivity contribution in [2.24, 2.45) is 4.99 Å². The molecule has 0 spiro atoms. The molecule has 19 heavy (non-hydrogen) atoms. The summed E-state index contributed by atoms with van der Waals surface area (Å²) in [5.41, 5.74) is 1.95. The molecular weight excluding hydrogens is 281 g/mol. The maximum Gasteiger partial charge on any atom is 0.126 e. The molecule has 0 unspecified atom stereocenters. The van der Waals surface area contributed by atoms with Gasteiger partial charge in [-0.05, 0) is 49.3 Å². The molecule has 0 aromatic heterocycles. The smallest absolute Gasteiger partial charge is 0.126 e. The van der Waals surface area contributed by atoms with Crippen LogP contribution in [-0.2, 0) is 0 Å². The highest BCUT2D eigenvalue weighted by Gasteiger charge is 2.04. The average Bonchev–Trinajstić information content (AvgIpc) is 2.38. The van der Waals surface area contributed by atoms with E-state index in [0.717, 1.165) is 23.3 Å². The van der Waals surface area contributed by atoms with E-state index in [9.17, 15) is 0 Å². The van der Waals surface area contributed by atoms with Gasteiger partial charge in [-0.1, -0.05) is 30.1 Å². The minimum atomic E-state index is 0.490. The molecule has 0 bridgehead atoms. The number of aliphatic imine (C=N–C) groups is 1. The van der Waals surface area contributed by atoms with Gasteiger partial charge in [0.2, 0.25) is 0 Å². The zero-order valence-corrected chi connectivity index (χ0v) is 12.8. The van der Waals surface area contributed by atoms with Crippen LogP contribution in [0.15, 0.2) is 40.5 Å². The quantitative estimate of drug-likeness (QED) is 0.533. The normalized spacial score (nSPS) is 13.1. The van der Waals surface area contributed by atoms with E-state index in [0.29, 0.717) is 10.2 Å². The second-order valence-electron chi connectivity index (χ2n) is 3.91. The van der Waals surface area contributed by atoms with Crippen molar-refractivity contribution in [1.29, 1.82) is 0 Å². The van der Waals surface area contributed by atoms with E-state index < -0.39 is 0 Å². The average molecular weight is 298 g/mol. The van der Waals surface area contributed by atoms with E-state index in [-0.39, 0.29) is 0 Å². The highest BCUT2D eigenvalue weighted by molar-refractivity contribution is 6.31. The van der Waals surface area contributed by atoms with Gasteiger partial charge < -0.3 is 4.74 Å². The highest BCUT2D eigenvalue weighted by Crippen LogP contribution is 2.28. The molecule has 1 rings (SSSR count). The lowest BCUT2D eigenvalue weighted by atomic mass is 10.1. The number of allylic oxidation sites excluding steroid dienone is 3. The zero-order chi connectivity index (χ0) is 14.3. The van der Waals surface area contributed by atoms with Gasteiger partial charge in [-0.15, -0.1) is 0 Å². The van der Waals surface area contributed by atoms with Crippen LogP contribution in [0.5, 0.6) is 5.75 Å². The molecule has 0 N–H and O–H groups in total. The Kier molecular flexibility index (Phi) is 6.68. The Labute approximate surface area is 124 Å². The summed E-state index contributed by atoms with van der Waals surface area (Å²) in [5.74, 6) is 0.779. The number of nitrogens with zero attached hydrogens (tertiary/aromatic N) is 1. The van der Waals surface area contributed by atoms with Crippen LogP contribution in [0, 0.1) is 0 Å². The van der Waals surface area contributed by atoms with Crippen molar-refractivity contribution >= 4 is 35.0 Å². The maximum atomic E-state index is 6.00. The van der Waals surface area contributed by atoms with Gasteiger partial charge in [0.15, 0.2) is 0 Å². The Morgan fingerprint density at radius 2 is 2.16 bits per heavy atom. The summed E-state index contributed by atoms with van der Waals surface area (Å²) in [6.07, 6.45) is 6.26. The summed E-state index contributed by atoms with van der Waals surface area (Å²) in [4.78, 5) is 4.11. The van der Waals surface area contributed by atoms with Gasteiger partial charge in [-0.25, -0.2) is 4.99 Å². The standard InChI is InChI=1S/C15H17Cl2NO/c1-4-5-15(17)18-9-8-11(2)13-10-12(16)6-7-14(13)19-3/h5-10H,4H2,1-3H3/b11-8+,15-5+,18-9-. The fourth-order valence-electron chi connectivity index (χ4n) is 1.52. The number of ether oxygens (including phenoxy) is 1. The van der Waals surface area contributed by atoms with E-state index >= 15 is 0 Å². The third-order valence-electron chi connectivity index (χ3n) is 2.48. The monoisotopic (exact) mass is 297 g/mol.